The highest BCUT2D eigenvalue weighted by molar-refractivity contribution is 6.06. The second kappa shape index (κ2) is 11.9. The van der Waals surface area contributed by atoms with Crippen LogP contribution in [0.5, 0.6) is 5.75 Å². The van der Waals surface area contributed by atoms with Gasteiger partial charge in [0.2, 0.25) is 0 Å². The number of fused-ring (bicyclic) bond motifs is 1. The standard InChI is InChI=1S/C24H27F3N6O5/c1-14(11-34)33(13-28)21(29)18-4-3-5-20(30-18)31-22(35)17-8-16-10-32(23(36)38-12-24(25,26)27)7-6-15(16)9-19(17)37-2/h3-5,8-9,13-14,28-29,34H,6-7,10-12H2,1-2H3,(H,30,31,35). The van der Waals surface area contributed by atoms with Crippen LogP contribution >= 0.6 is 0 Å². The van der Waals surface area contributed by atoms with Crippen molar-refractivity contribution in [2.75, 3.05) is 32.2 Å². The third-order valence-corrected chi connectivity index (χ3v) is 5.77. The Balaban J connectivity index is 1.80. The van der Waals surface area contributed by atoms with Gasteiger partial charge in [0.05, 0.1) is 31.7 Å². The van der Waals surface area contributed by atoms with Gasteiger partial charge in [-0.25, -0.2) is 9.78 Å². The number of hydrogen-bond donors (Lipinski definition) is 4. The average molecular weight is 537 g/mol. The molecule has 11 nitrogen and oxygen atoms in total. The zero-order chi connectivity index (χ0) is 28.0. The van der Waals surface area contributed by atoms with Gasteiger partial charge < -0.3 is 29.7 Å². The van der Waals surface area contributed by atoms with Gasteiger partial charge in [0.15, 0.2) is 12.4 Å². The highest BCUT2D eigenvalue weighted by atomic mass is 19.4. The first-order valence-electron chi connectivity index (χ1n) is 11.4. The Morgan fingerprint density at radius 1 is 1.32 bits per heavy atom. The lowest BCUT2D eigenvalue weighted by Gasteiger charge is -2.29. The fourth-order valence-corrected chi connectivity index (χ4v) is 3.78. The van der Waals surface area contributed by atoms with E-state index in [9.17, 15) is 27.9 Å². The number of rotatable bonds is 8. The maximum Gasteiger partial charge on any atom is 0.422 e. The molecule has 0 saturated heterocycles. The number of aliphatic hydroxyl groups excluding tert-OH is 1. The fraction of sp³-hybridized carbons (Fsp3) is 0.375. The van der Waals surface area contributed by atoms with Crippen molar-refractivity contribution in [3.63, 3.8) is 0 Å². The highest BCUT2D eigenvalue weighted by Crippen LogP contribution is 2.29. The highest BCUT2D eigenvalue weighted by Gasteiger charge is 2.32. The lowest BCUT2D eigenvalue weighted by molar-refractivity contribution is -0.162. The number of hydrogen-bond acceptors (Lipinski definition) is 8. The van der Waals surface area contributed by atoms with Gasteiger partial charge in [0, 0.05) is 13.1 Å². The number of amides is 2. The summed E-state index contributed by atoms with van der Waals surface area (Å²) in [7, 11) is 1.39. The largest absolute Gasteiger partial charge is 0.496 e. The predicted octanol–water partition coefficient (Wildman–Crippen LogP) is 3.01. The molecule has 1 atom stereocenters. The Kier molecular flexibility index (Phi) is 8.88. The van der Waals surface area contributed by atoms with Crippen molar-refractivity contribution < 1.29 is 37.3 Å². The number of ether oxygens (including phenoxy) is 2. The van der Waals surface area contributed by atoms with Gasteiger partial charge in [-0.3, -0.25) is 15.6 Å². The maximum absolute atomic E-state index is 13.1. The van der Waals surface area contributed by atoms with E-state index >= 15 is 0 Å². The number of carbonyl (C=O) groups is 2. The number of amidine groups is 1. The number of anilines is 1. The van der Waals surface area contributed by atoms with E-state index in [1.165, 1.54) is 30.2 Å². The Morgan fingerprint density at radius 3 is 2.68 bits per heavy atom. The van der Waals surface area contributed by atoms with E-state index in [1.807, 2.05) is 0 Å². The second-order valence-electron chi connectivity index (χ2n) is 8.44. The van der Waals surface area contributed by atoms with Gasteiger partial charge in [-0.15, -0.1) is 0 Å². The van der Waals surface area contributed by atoms with Gasteiger partial charge in [-0.05, 0) is 48.7 Å². The summed E-state index contributed by atoms with van der Waals surface area (Å²) in [6, 6.07) is 7.18. The summed E-state index contributed by atoms with van der Waals surface area (Å²) in [5, 5.41) is 27.8. The average Bonchev–Trinajstić information content (AvgIpc) is 2.90. The molecule has 1 aliphatic rings. The lowest BCUT2D eigenvalue weighted by Crippen LogP contribution is -2.39. The van der Waals surface area contributed by atoms with Gasteiger partial charge in [0.1, 0.15) is 17.3 Å². The molecule has 204 valence electrons. The summed E-state index contributed by atoms with van der Waals surface area (Å²) in [4.78, 5) is 31.8. The zero-order valence-corrected chi connectivity index (χ0v) is 20.6. The third kappa shape index (κ3) is 6.76. The van der Waals surface area contributed by atoms with Crippen LogP contribution in [0.25, 0.3) is 0 Å². The first-order valence-corrected chi connectivity index (χ1v) is 11.4. The quantitative estimate of drug-likeness (QED) is 0.299. The molecule has 38 heavy (non-hydrogen) atoms. The molecular weight excluding hydrogens is 509 g/mol. The number of aromatic nitrogens is 1. The number of nitrogens with zero attached hydrogens (tertiary/aromatic N) is 3. The summed E-state index contributed by atoms with van der Waals surface area (Å²) >= 11 is 0. The van der Waals surface area contributed by atoms with Gasteiger partial charge in [-0.1, -0.05) is 6.07 Å². The van der Waals surface area contributed by atoms with E-state index in [-0.39, 0.29) is 48.4 Å². The molecule has 1 aromatic carbocycles. The molecule has 14 heteroatoms. The third-order valence-electron chi connectivity index (χ3n) is 5.77. The van der Waals surface area contributed by atoms with E-state index in [1.54, 1.807) is 19.1 Å². The summed E-state index contributed by atoms with van der Waals surface area (Å²) < 4.78 is 46.9. The number of benzene rings is 1. The van der Waals surface area contributed by atoms with Crippen LogP contribution in [0.1, 0.15) is 34.1 Å². The van der Waals surface area contributed by atoms with Crippen molar-refractivity contribution in [1.82, 2.24) is 14.8 Å². The van der Waals surface area contributed by atoms with E-state index in [2.05, 4.69) is 15.0 Å². The number of methoxy groups -OCH3 is 1. The van der Waals surface area contributed by atoms with E-state index in [0.29, 0.717) is 12.0 Å². The normalized spacial score (nSPS) is 13.7. The van der Waals surface area contributed by atoms with Crippen molar-refractivity contribution in [3.05, 3.63) is 52.7 Å². The van der Waals surface area contributed by atoms with E-state index < -0.39 is 30.8 Å². The monoisotopic (exact) mass is 536 g/mol. The number of nitrogens with one attached hydrogen (secondary N) is 3. The minimum atomic E-state index is -4.64. The molecule has 2 heterocycles. The molecule has 1 unspecified atom stereocenters. The van der Waals surface area contributed by atoms with Crippen LogP contribution in [-0.4, -0.2) is 83.2 Å². The summed E-state index contributed by atoms with van der Waals surface area (Å²) in [6.07, 6.45) is -4.51. The summed E-state index contributed by atoms with van der Waals surface area (Å²) in [5.41, 5.74) is 1.58. The smallest absolute Gasteiger partial charge is 0.422 e. The molecule has 0 spiro atoms. The number of carbonyl (C=O) groups excluding carboxylic acids is 2. The minimum Gasteiger partial charge on any atom is -0.496 e. The number of halogens is 3. The predicted molar refractivity (Wildman–Crippen MR) is 131 cm³/mol. The van der Waals surface area contributed by atoms with Crippen LogP contribution in [0.3, 0.4) is 0 Å². The molecule has 0 aliphatic carbocycles. The molecule has 4 N–H and O–H groups in total. The van der Waals surface area contributed by atoms with Crippen LogP contribution in [0.15, 0.2) is 30.3 Å². The van der Waals surface area contributed by atoms with Gasteiger partial charge in [-0.2, -0.15) is 13.2 Å². The van der Waals surface area contributed by atoms with Crippen molar-refractivity contribution >= 4 is 30.0 Å². The van der Waals surface area contributed by atoms with Crippen LogP contribution in [0, 0.1) is 10.8 Å². The van der Waals surface area contributed by atoms with Crippen LogP contribution < -0.4 is 10.1 Å². The molecule has 2 amide bonds. The fourth-order valence-electron chi connectivity index (χ4n) is 3.78. The molecule has 2 aromatic rings. The maximum atomic E-state index is 13.1. The summed E-state index contributed by atoms with van der Waals surface area (Å²) in [5.74, 6) is -0.396. The summed E-state index contributed by atoms with van der Waals surface area (Å²) in [6.45, 7) is -0.258. The minimum absolute atomic E-state index is 0.0519. The molecule has 0 fully saturated rings. The van der Waals surface area contributed by atoms with Crippen LogP contribution in [0.4, 0.5) is 23.8 Å². The van der Waals surface area contributed by atoms with Crippen molar-refractivity contribution in [1.29, 1.82) is 10.8 Å². The number of aliphatic hydroxyl groups is 1. The SMILES string of the molecule is COc1cc2c(cc1C(=O)Nc1cccc(C(=N)N(C=N)C(C)CO)n1)CN(C(=O)OCC(F)(F)F)CC2. The molecule has 0 radical (unpaired) electrons. The van der Waals surface area contributed by atoms with Crippen molar-refractivity contribution in [2.45, 2.75) is 32.1 Å². The Labute approximate surface area is 216 Å². The molecule has 3 rings (SSSR count). The first kappa shape index (κ1) is 28.4. The molecular formula is C24H27F3N6O5. The molecule has 1 aliphatic heterocycles. The van der Waals surface area contributed by atoms with E-state index in [4.69, 9.17) is 15.6 Å². The topological polar surface area (TPSA) is 152 Å². The second-order valence-corrected chi connectivity index (χ2v) is 8.44. The van der Waals surface area contributed by atoms with Crippen molar-refractivity contribution in [2.24, 2.45) is 0 Å². The Bertz CT molecular complexity index is 1220. The zero-order valence-electron chi connectivity index (χ0n) is 20.6. The molecule has 0 saturated carbocycles. The number of alkyl halides is 3. The van der Waals surface area contributed by atoms with Gasteiger partial charge >= 0.3 is 12.3 Å². The number of pyridine rings is 1. The molecule has 1 aromatic heterocycles. The van der Waals surface area contributed by atoms with E-state index in [0.717, 1.165) is 16.8 Å². The Hall–Kier alpha value is -4.20. The van der Waals surface area contributed by atoms with Gasteiger partial charge in [0.25, 0.3) is 5.91 Å². The van der Waals surface area contributed by atoms with Crippen LogP contribution in [0.2, 0.25) is 0 Å². The van der Waals surface area contributed by atoms with Crippen molar-refractivity contribution in [3.8, 4) is 5.75 Å². The molecule has 0 bridgehead atoms. The van der Waals surface area contributed by atoms with Crippen LogP contribution in [-0.2, 0) is 17.7 Å². The first-order chi connectivity index (χ1) is 18.0. The lowest BCUT2D eigenvalue weighted by atomic mass is 9.96. The Morgan fingerprint density at radius 2 is 2.05 bits per heavy atom.